The average molecular weight is 325 g/mol. The Morgan fingerprint density at radius 1 is 1.04 bits per heavy atom. The van der Waals surface area contributed by atoms with Crippen molar-refractivity contribution < 1.29 is 27.1 Å². The summed E-state index contributed by atoms with van der Waals surface area (Å²) in [5.74, 6) is -2.79. The number of carbonyl (C=O) groups is 1. The van der Waals surface area contributed by atoms with Gasteiger partial charge in [0, 0.05) is 11.6 Å². The van der Waals surface area contributed by atoms with E-state index in [1.165, 1.54) is 24.3 Å². The predicted octanol–water partition coefficient (Wildman–Crippen LogP) is 4.22. The Labute approximate surface area is 129 Å². The third-order valence-corrected chi connectivity index (χ3v) is 2.76. The van der Waals surface area contributed by atoms with Gasteiger partial charge < -0.3 is 10.1 Å². The Bertz CT molecular complexity index is 712. The van der Waals surface area contributed by atoms with Crippen molar-refractivity contribution in [3.05, 3.63) is 65.7 Å². The first-order valence-electron chi connectivity index (χ1n) is 6.44. The molecule has 0 spiro atoms. The van der Waals surface area contributed by atoms with E-state index in [4.69, 9.17) is 0 Å². The number of alkyl halides is 2. The van der Waals surface area contributed by atoms with Crippen LogP contribution in [-0.4, -0.2) is 12.5 Å². The highest BCUT2D eigenvalue weighted by molar-refractivity contribution is 6.02. The van der Waals surface area contributed by atoms with Crippen LogP contribution in [0.3, 0.4) is 0 Å². The molecule has 0 unspecified atom stereocenters. The topological polar surface area (TPSA) is 38.3 Å². The maximum Gasteiger partial charge on any atom is 0.387 e. The molecule has 0 saturated heterocycles. The first-order valence-corrected chi connectivity index (χ1v) is 6.44. The minimum absolute atomic E-state index is 0.122. The van der Waals surface area contributed by atoms with Crippen LogP contribution < -0.4 is 10.1 Å². The molecule has 0 heterocycles. The van der Waals surface area contributed by atoms with Gasteiger partial charge in [0.25, 0.3) is 0 Å². The standard InChI is InChI=1S/C16H11F4NO2/c17-11-5-3-6-12(18)15(11)21-14(22)9-8-10-4-1-2-7-13(10)23-16(19)20/h1-9,16H,(H,21,22)/b9-8+. The molecule has 0 aromatic heterocycles. The van der Waals surface area contributed by atoms with Gasteiger partial charge in [-0.2, -0.15) is 8.78 Å². The minimum atomic E-state index is -3.01. The van der Waals surface area contributed by atoms with E-state index in [0.717, 1.165) is 24.3 Å². The summed E-state index contributed by atoms with van der Waals surface area (Å²) in [6, 6.07) is 8.96. The van der Waals surface area contributed by atoms with Crippen LogP contribution in [-0.2, 0) is 4.79 Å². The van der Waals surface area contributed by atoms with Gasteiger partial charge in [0.2, 0.25) is 5.91 Å². The SMILES string of the molecule is O=C(/C=C/c1ccccc1OC(F)F)Nc1c(F)cccc1F. The highest BCUT2D eigenvalue weighted by Crippen LogP contribution is 2.22. The highest BCUT2D eigenvalue weighted by atomic mass is 19.3. The summed E-state index contributed by atoms with van der Waals surface area (Å²) < 4.78 is 55.6. The zero-order valence-electron chi connectivity index (χ0n) is 11.6. The van der Waals surface area contributed by atoms with E-state index in [0.29, 0.717) is 0 Å². The maximum atomic E-state index is 13.4. The molecule has 23 heavy (non-hydrogen) atoms. The Balaban J connectivity index is 2.13. The molecule has 1 amide bonds. The molecule has 7 heteroatoms. The third-order valence-electron chi connectivity index (χ3n) is 2.76. The van der Waals surface area contributed by atoms with Crippen LogP contribution in [0.25, 0.3) is 6.08 Å². The van der Waals surface area contributed by atoms with Gasteiger partial charge in [-0.05, 0) is 24.3 Å². The molecule has 0 atom stereocenters. The van der Waals surface area contributed by atoms with E-state index in [1.807, 2.05) is 5.32 Å². The molecule has 2 aromatic rings. The summed E-state index contributed by atoms with van der Waals surface area (Å²) in [5.41, 5.74) is -0.365. The van der Waals surface area contributed by atoms with Gasteiger partial charge in [-0.1, -0.05) is 24.3 Å². The fourth-order valence-electron chi connectivity index (χ4n) is 1.77. The summed E-state index contributed by atoms with van der Waals surface area (Å²) in [5, 5.41) is 2.04. The van der Waals surface area contributed by atoms with Gasteiger partial charge >= 0.3 is 6.61 Å². The molecule has 0 aliphatic rings. The number of carbonyl (C=O) groups excluding carboxylic acids is 1. The van der Waals surface area contributed by atoms with Crippen molar-refractivity contribution in [2.75, 3.05) is 5.32 Å². The van der Waals surface area contributed by atoms with Gasteiger partial charge in [0.15, 0.2) is 0 Å². The molecule has 0 radical (unpaired) electrons. The molecule has 0 saturated carbocycles. The van der Waals surface area contributed by atoms with E-state index in [-0.39, 0.29) is 11.3 Å². The van der Waals surface area contributed by atoms with Crippen molar-refractivity contribution in [1.29, 1.82) is 0 Å². The largest absolute Gasteiger partial charge is 0.434 e. The lowest BCUT2D eigenvalue weighted by atomic mass is 10.2. The van der Waals surface area contributed by atoms with Crippen LogP contribution >= 0.6 is 0 Å². The van der Waals surface area contributed by atoms with Crippen LogP contribution in [0.1, 0.15) is 5.56 Å². The van der Waals surface area contributed by atoms with E-state index >= 15 is 0 Å². The second kappa shape index (κ2) is 7.44. The Morgan fingerprint density at radius 2 is 1.70 bits per heavy atom. The van der Waals surface area contributed by atoms with E-state index < -0.39 is 29.8 Å². The number of nitrogens with one attached hydrogen (secondary N) is 1. The average Bonchev–Trinajstić information content (AvgIpc) is 2.50. The van der Waals surface area contributed by atoms with Crippen LogP contribution in [0.15, 0.2) is 48.5 Å². The molecule has 1 N–H and O–H groups in total. The molecule has 2 rings (SSSR count). The summed E-state index contributed by atoms with van der Waals surface area (Å²) in [6.07, 6.45) is 2.16. The number of anilines is 1. The van der Waals surface area contributed by atoms with Gasteiger partial charge in [-0.3, -0.25) is 4.79 Å². The van der Waals surface area contributed by atoms with E-state index in [2.05, 4.69) is 4.74 Å². The number of rotatable bonds is 5. The zero-order valence-corrected chi connectivity index (χ0v) is 11.6. The molecular formula is C16H11F4NO2. The van der Waals surface area contributed by atoms with Crippen LogP contribution in [0.4, 0.5) is 23.2 Å². The molecular weight excluding hydrogens is 314 g/mol. The first kappa shape index (κ1) is 16.5. The lowest BCUT2D eigenvalue weighted by Gasteiger charge is -2.07. The van der Waals surface area contributed by atoms with Gasteiger partial charge in [0.05, 0.1) is 0 Å². The number of para-hydroxylation sites is 2. The maximum absolute atomic E-state index is 13.4. The van der Waals surface area contributed by atoms with Crippen molar-refractivity contribution in [1.82, 2.24) is 0 Å². The lowest BCUT2D eigenvalue weighted by Crippen LogP contribution is -2.11. The van der Waals surface area contributed by atoms with E-state index in [9.17, 15) is 22.4 Å². The fourth-order valence-corrected chi connectivity index (χ4v) is 1.77. The number of halogens is 4. The van der Waals surface area contributed by atoms with Crippen LogP contribution in [0.2, 0.25) is 0 Å². The molecule has 2 aromatic carbocycles. The molecule has 0 bridgehead atoms. The summed E-state index contributed by atoms with van der Waals surface area (Å²) >= 11 is 0. The minimum Gasteiger partial charge on any atom is -0.434 e. The summed E-state index contributed by atoms with van der Waals surface area (Å²) in [6.45, 7) is -3.01. The number of amides is 1. The third kappa shape index (κ3) is 4.57. The van der Waals surface area contributed by atoms with Crippen molar-refractivity contribution in [2.45, 2.75) is 6.61 Å². The predicted molar refractivity (Wildman–Crippen MR) is 77.1 cm³/mol. The van der Waals surface area contributed by atoms with Crippen LogP contribution in [0, 0.1) is 11.6 Å². The lowest BCUT2D eigenvalue weighted by molar-refractivity contribution is -0.111. The summed E-state index contributed by atoms with van der Waals surface area (Å²) in [4.78, 5) is 11.7. The Morgan fingerprint density at radius 3 is 2.35 bits per heavy atom. The highest BCUT2D eigenvalue weighted by Gasteiger charge is 2.11. The van der Waals surface area contributed by atoms with E-state index in [1.54, 1.807) is 6.07 Å². The summed E-state index contributed by atoms with van der Waals surface area (Å²) in [7, 11) is 0. The fraction of sp³-hybridized carbons (Fsp3) is 0.0625. The van der Waals surface area contributed by atoms with Gasteiger partial charge in [-0.15, -0.1) is 0 Å². The first-order chi connectivity index (χ1) is 11.0. The van der Waals surface area contributed by atoms with Crippen molar-refractivity contribution in [3.8, 4) is 5.75 Å². The van der Waals surface area contributed by atoms with Gasteiger partial charge in [0.1, 0.15) is 23.1 Å². The van der Waals surface area contributed by atoms with Crippen LogP contribution in [0.5, 0.6) is 5.75 Å². The number of hydrogen-bond donors (Lipinski definition) is 1. The Hall–Kier alpha value is -2.83. The van der Waals surface area contributed by atoms with Crippen molar-refractivity contribution in [2.24, 2.45) is 0 Å². The number of benzene rings is 2. The number of ether oxygens (including phenoxy) is 1. The smallest absolute Gasteiger partial charge is 0.387 e. The molecule has 120 valence electrons. The Kier molecular flexibility index (Phi) is 5.35. The quantitative estimate of drug-likeness (QED) is 0.660. The van der Waals surface area contributed by atoms with Crippen molar-refractivity contribution >= 4 is 17.7 Å². The normalized spacial score (nSPS) is 11.0. The monoisotopic (exact) mass is 325 g/mol. The zero-order chi connectivity index (χ0) is 16.8. The molecule has 3 nitrogen and oxygen atoms in total. The molecule has 0 aliphatic carbocycles. The number of hydrogen-bond acceptors (Lipinski definition) is 2. The van der Waals surface area contributed by atoms with Crippen molar-refractivity contribution in [3.63, 3.8) is 0 Å². The second-order valence-electron chi connectivity index (χ2n) is 4.34. The molecule has 0 aliphatic heterocycles. The van der Waals surface area contributed by atoms with Gasteiger partial charge in [-0.25, -0.2) is 8.78 Å². The second-order valence-corrected chi connectivity index (χ2v) is 4.34. The molecule has 0 fully saturated rings.